The summed E-state index contributed by atoms with van der Waals surface area (Å²) < 4.78 is 1.84. The van der Waals surface area contributed by atoms with E-state index in [-0.39, 0.29) is 17.7 Å². The smallest absolute Gasteiger partial charge is 0.251 e. The first-order chi connectivity index (χ1) is 14.4. The average Bonchev–Trinajstić information content (AvgIpc) is 3.12. The highest BCUT2D eigenvalue weighted by Gasteiger charge is 2.23. The van der Waals surface area contributed by atoms with Gasteiger partial charge in [-0.25, -0.2) is 0 Å². The van der Waals surface area contributed by atoms with Gasteiger partial charge >= 0.3 is 0 Å². The van der Waals surface area contributed by atoms with Crippen LogP contribution in [0.4, 0.5) is 5.69 Å². The molecule has 3 rings (SSSR count). The fourth-order valence-corrected chi connectivity index (χ4v) is 3.59. The first-order valence-corrected chi connectivity index (χ1v) is 10.5. The molecular weight excluding hydrogens is 398 g/mol. The Labute approximate surface area is 180 Å². The van der Waals surface area contributed by atoms with Crippen LogP contribution in [0.2, 0.25) is 0 Å². The van der Waals surface area contributed by atoms with E-state index in [1.165, 1.54) is 11.8 Å². The third-order valence-corrected chi connectivity index (χ3v) is 5.35. The minimum Gasteiger partial charge on any atom is -0.341 e. The molecule has 0 saturated heterocycles. The molecule has 1 heterocycles. The number of hydrogen-bond donors (Lipinski definition) is 2. The summed E-state index contributed by atoms with van der Waals surface area (Å²) in [6, 6.07) is 16.0. The van der Waals surface area contributed by atoms with Gasteiger partial charge in [-0.05, 0) is 47.5 Å². The van der Waals surface area contributed by atoms with E-state index in [1.54, 1.807) is 6.33 Å². The van der Waals surface area contributed by atoms with Gasteiger partial charge in [0, 0.05) is 24.1 Å². The Balaban J connectivity index is 1.70. The average molecular weight is 424 g/mol. The molecule has 8 heteroatoms. The van der Waals surface area contributed by atoms with Gasteiger partial charge in [0.2, 0.25) is 5.91 Å². The third kappa shape index (κ3) is 5.93. The molecule has 0 fully saturated rings. The summed E-state index contributed by atoms with van der Waals surface area (Å²) in [5.41, 5.74) is 1.39. The van der Waals surface area contributed by atoms with Crippen LogP contribution in [0.5, 0.6) is 0 Å². The van der Waals surface area contributed by atoms with Crippen molar-refractivity contribution < 1.29 is 9.59 Å². The van der Waals surface area contributed by atoms with Gasteiger partial charge in [-0.2, -0.15) is 0 Å². The first kappa shape index (κ1) is 21.6. The lowest BCUT2D eigenvalue weighted by molar-refractivity contribution is -0.127. The molecule has 2 N–H and O–H groups in total. The van der Waals surface area contributed by atoms with Crippen LogP contribution in [-0.4, -0.2) is 26.6 Å². The fraction of sp³-hybridized carbons (Fsp3) is 0.273. The SMILES string of the molecule is CC(C)CC(=O)NC(C(=O)Nc1ccc(Sc2nncn2C)cc1)c1ccccc1. The maximum absolute atomic E-state index is 13.0. The Bertz CT molecular complexity index is 986. The van der Waals surface area contributed by atoms with Crippen LogP contribution in [0, 0.1) is 5.92 Å². The highest BCUT2D eigenvalue weighted by molar-refractivity contribution is 7.99. The van der Waals surface area contributed by atoms with E-state index in [0.717, 1.165) is 15.6 Å². The zero-order valence-electron chi connectivity index (χ0n) is 17.2. The minimum absolute atomic E-state index is 0.149. The Kier molecular flexibility index (Phi) is 7.24. The van der Waals surface area contributed by atoms with Crippen molar-refractivity contribution in [3.63, 3.8) is 0 Å². The van der Waals surface area contributed by atoms with E-state index < -0.39 is 6.04 Å². The maximum Gasteiger partial charge on any atom is 0.251 e. The van der Waals surface area contributed by atoms with Crippen molar-refractivity contribution in [2.45, 2.75) is 36.4 Å². The molecule has 0 bridgehead atoms. The van der Waals surface area contributed by atoms with Crippen molar-refractivity contribution in [1.29, 1.82) is 0 Å². The zero-order chi connectivity index (χ0) is 21.5. The summed E-state index contributed by atoms with van der Waals surface area (Å²) in [5, 5.41) is 14.5. The molecular formula is C22H25N5O2S. The number of aromatic nitrogens is 3. The van der Waals surface area contributed by atoms with Crippen molar-refractivity contribution in [3.05, 3.63) is 66.5 Å². The molecule has 2 amide bonds. The van der Waals surface area contributed by atoms with Gasteiger partial charge < -0.3 is 15.2 Å². The summed E-state index contributed by atoms with van der Waals surface area (Å²) in [5.74, 6) is -0.222. The molecule has 1 unspecified atom stereocenters. The van der Waals surface area contributed by atoms with Gasteiger partial charge in [-0.1, -0.05) is 44.2 Å². The molecule has 1 aromatic heterocycles. The van der Waals surface area contributed by atoms with Crippen LogP contribution in [0.15, 0.2) is 71.0 Å². The standard InChI is InChI=1S/C22H25N5O2S/c1-15(2)13-19(28)25-20(16-7-5-4-6-8-16)21(29)24-17-9-11-18(12-10-17)30-22-26-23-14-27(22)3/h4-12,14-15,20H,13H2,1-3H3,(H,24,29)(H,25,28). The van der Waals surface area contributed by atoms with E-state index in [2.05, 4.69) is 20.8 Å². The van der Waals surface area contributed by atoms with Crippen LogP contribution in [0.1, 0.15) is 31.9 Å². The van der Waals surface area contributed by atoms with Crippen molar-refractivity contribution in [3.8, 4) is 0 Å². The van der Waals surface area contributed by atoms with Crippen LogP contribution in [-0.2, 0) is 16.6 Å². The molecule has 7 nitrogen and oxygen atoms in total. The van der Waals surface area contributed by atoms with E-state index in [9.17, 15) is 9.59 Å². The van der Waals surface area contributed by atoms with Crippen molar-refractivity contribution in [2.75, 3.05) is 5.32 Å². The Morgan fingerprint density at radius 1 is 1.07 bits per heavy atom. The van der Waals surface area contributed by atoms with Crippen LogP contribution >= 0.6 is 11.8 Å². The number of anilines is 1. The normalized spacial score (nSPS) is 11.9. The predicted molar refractivity (Wildman–Crippen MR) is 117 cm³/mol. The molecule has 0 aliphatic heterocycles. The number of nitrogens with one attached hydrogen (secondary N) is 2. The third-order valence-electron chi connectivity index (χ3n) is 4.29. The number of nitrogens with zero attached hydrogens (tertiary/aromatic N) is 3. The summed E-state index contributed by atoms with van der Waals surface area (Å²) in [7, 11) is 1.88. The van der Waals surface area contributed by atoms with Crippen LogP contribution in [0.3, 0.4) is 0 Å². The lowest BCUT2D eigenvalue weighted by Gasteiger charge is -2.19. The van der Waals surface area contributed by atoms with Crippen LogP contribution < -0.4 is 10.6 Å². The van der Waals surface area contributed by atoms with E-state index in [1.807, 2.05) is 80.1 Å². The second-order valence-electron chi connectivity index (χ2n) is 7.35. The number of amides is 2. The molecule has 156 valence electrons. The molecule has 3 aromatic rings. The zero-order valence-corrected chi connectivity index (χ0v) is 18.0. The maximum atomic E-state index is 13.0. The number of benzene rings is 2. The molecule has 0 spiro atoms. The molecule has 0 radical (unpaired) electrons. The fourth-order valence-electron chi connectivity index (χ4n) is 2.83. The van der Waals surface area contributed by atoms with Gasteiger partial charge in [-0.3, -0.25) is 9.59 Å². The second-order valence-corrected chi connectivity index (χ2v) is 8.39. The molecule has 0 saturated carbocycles. The number of hydrogen-bond acceptors (Lipinski definition) is 5. The summed E-state index contributed by atoms with van der Waals surface area (Å²) in [4.78, 5) is 26.3. The highest BCUT2D eigenvalue weighted by atomic mass is 32.2. The first-order valence-electron chi connectivity index (χ1n) is 9.69. The summed E-state index contributed by atoms with van der Waals surface area (Å²) >= 11 is 1.49. The highest BCUT2D eigenvalue weighted by Crippen LogP contribution is 2.26. The van der Waals surface area contributed by atoms with Crippen molar-refractivity contribution in [2.24, 2.45) is 13.0 Å². The molecule has 1 atom stereocenters. The largest absolute Gasteiger partial charge is 0.341 e. The quantitative estimate of drug-likeness (QED) is 0.575. The predicted octanol–water partition coefficient (Wildman–Crippen LogP) is 3.81. The second kappa shape index (κ2) is 10.1. The number of carbonyl (C=O) groups excluding carboxylic acids is 2. The van der Waals surface area contributed by atoms with Gasteiger partial charge in [0.25, 0.3) is 5.91 Å². The molecule has 0 aliphatic carbocycles. The lowest BCUT2D eigenvalue weighted by atomic mass is 10.0. The van der Waals surface area contributed by atoms with E-state index >= 15 is 0 Å². The minimum atomic E-state index is -0.759. The lowest BCUT2D eigenvalue weighted by Crippen LogP contribution is -2.37. The van der Waals surface area contributed by atoms with Gasteiger partial charge in [0.15, 0.2) is 5.16 Å². The van der Waals surface area contributed by atoms with Gasteiger partial charge in [0.1, 0.15) is 12.4 Å². The Morgan fingerprint density at radius 2 is 1.77 bits per heavy atom. The van der Waals surface area contributed by atoms with Crippen molar-refractivity contribution in [1.82, 2.24) is 20.1 Å². The van der Waals surface area contributed by atoms with Gasteiger partial charge in [-0.15, -0.1) is 10.2 Å². The monoisotopic (exact) mass is 423 g/mol. The molecule has 30 heavy (non-hydrogen) atoms. The topological polar surface area (TPSA) is 88.9 Å². The molecule has 2 aromatic carbocycles. The van der Waals surface area contributed by atoms with Crippen molar-refractivity contribution >= 4 is 29.3 Å². The summed E-state index contributed by atoms with van der Waals surface area (Å²) in [6.07, 6.45) is 2.01. The van der Waals surface area contributed by atoms with E-state index in [4.69, 9.17) is 0 Å². The van der Waals surface area contributed by atoms with Crippen LogP contribution in [0.25, 0.3) is 0 Å². The Hall–Kier alpha value is -3.13. The Morgan fingerprint density at radius 3 is 2.37 bits per heavy atom. The molecule has 0 aliphatic rings. The number of rotatable bonds is 8. The van der Waals surface area contributed by atoms with E-state index in [0.29, 0.717) is 12.1 Å². The summed E-state index contributed by atoms with van der Waals surface area (Å²) in [6.45, 7) is 3.94. The van der Waals surface area contributed by atoms with Gasteiger partial charge in [0.05, 0.1) is 0 Å². The number of aryl methyl sites for hydroxylation is 1. The number of carbonyl (C=O) groups is 2.